The van der Waals surface area contributed by atoms with Gasteiger partial charge in [-0.05, 0) is 13.8 Å². The molecule has 1 aromatic heterocycles. The van der Waals surface area contributed by atoms with Crippen molar-refractivity contribution in [3.8, 4) is 5.88 Å². The second-order valence-corrected chi connectivity index (χ2v) is 4.30. The molecule has 1 rings (SSSR count). The zero-order valence-corrected chi connectivity index (χ0v) is 11.8. The average Bonchev–Trinajstić information content (AvgIpc) is 2.37. The van der Waals surface area contributed by atoms with E-state index in [1.807, 2.05) is 13.8 Å². The molecule has 0 bridgehead atoms. The molecule has 0 aromatic carbocycles. The standard InChI is InChI=1S/C12H22N4O3/c1-8(2)19-12-10(13)11(15-7-16-12)14-5-9(18-4)6-17-3/h7-9H,5-6,13H2,1-4H3,(H,14,15,16). The first-order chi connectivity index (χ1) is 9.08. The fourth-order valence-corrected chi connectivity index (χ4v) is 1.44. The van der Waals surface area contributed by atoms with Crippen LogP contribution in [-0.4, -0.2) is 49.5 Å². The minimum absolute atomic E-state index is 0.00488. The van der Waals surface area contributed by atoms with Gasteiger partial charge in [0, 0.05) is 20.8 Å². The van der Waals surface area contributed by atoms with Gasteiger partial charge < -0.3 is 25.3 Å². The van der Waals surface area contributed by atoms with Gasteiger partial charge in [0.1, 0.15) is 12.0 Å². The smallest absolute Gasteiger partial charge is 0.242 e. The van der Waals surface area contributed by atoms with Gasteiger partial charge >= 0.3 is 0 Å². The van der Waals surface area contributed by atoms with E-state index < -0.39 is 0 Å². The highest BCUT2D eigenvalue weighted by Crippen LogP contribution is 2.25. The number of nitrogens with one attached hydrogen (secondary N) is 1. The molecule has 1 atom stereocenters. The van der Waals surface area contributed by atoms with Gasteiger partial charge in [0.25, 0.3) is 0 Å². The lowest BCUT2D eigenvalue weighted by atomic mass is 10.3. The number of hydrogen-bond acceptors (Lipinski definition) is 7. The van der Waals surface area contributed by atoms with Crippen molar-refractivity contribution in [1.29, 1.82) is 0 Å². The molecule has 7 heteroatoms. The summed E-state index contributed by atoms with van der Waals surface area (Å²) in [5, 5.41) is 3.10. The van der Waals surface area contributed by atoms with Crippen molar-refractivity contribution < 1.29 is 14.2 Å². The largest absolute Gasteiger partial charge is 0.473 e. The van der Waals surface area contributed by atoms with Crippen LogP contribution in [0.4, 0.5) is 11.5 Å². The maximum Gasteiger partial charge on any atom is 0.242 e. The van der Waals surface area contributed by atoms with Crippen LogP contribution in [0.1, 0.15) is 13.8 Å². The molecule has 0 saturated carbocycles. The highest BCUT2D eigenvalue weighted by Gasteiger charge is 2.12. The summed E-state index contributed by atoms with van der Waals surface area (Å²) in [5.74, 6) is 0.914. The molecule has 0 aliphatic rings. The number of methoxy groups -OCH3 is 2. The molecular formula is C12H22N4O3. The minimum atomic E-state index is -0.0752. The van der Waals surface area contributed by atoms with Gasteiger partial charge in [-0.2, -0.15) is 4.98 Å². The Morgan fingerprint density at radius 1 is 1.32 bits per heavy atom. The minimum Gasteiger partial charge on any atom is -0.473 e. The van der Waals surface area contributed by atoms with Crippen LogP contribution in [0.25, 0.3) is 0 Å². The van der Waals surface area contributed by atoms with Crippen LogP contribution in [-0.2, 0) is 9.47 Å². The van der Waals surface area contributed by atoms with Crippen molar-refractivity contribution in [3.63, 3.8) is 0 Å². The number of nitrogen functional groups attached to an aromatic ring is 1. The van der Waals surface area contributed by atoms with Gasteiger partial charge in [0.15, 0.2) is 5.82 Å². The summed E-state index contributed by atoms with van der Waals surface area (Å²) in [6.45, 7) is 4.85. The SMILES string of the molecule is COCC(CNc1ncnc(OC(C)C)c1N)OC. The Kier molecular flexibility index (Phi) is 6.31. The zero-order chi connectivity index (χ0) is 14.3. The van der Waals surface area contributed by atoms with Gasteiger partial charge in [0.2, 0.25) is 5.88 Å². The Balaban J connectivity index is 2.67. The molecule has 1 heterocycles. The third-order valence-corrected chi connectivity index (χ3v) is 2.38. The fourth-order valence-electron chi connectivity index (χ4n) is 1.44. The van der Waals surface area contributed by atoms with Crippen molar-refractivity contribution in [2.24, 2.45) is 0 Å². The number of aromatic nitrogens is 2. The lowest BCUT2D eigenvalue weighted by molar-refractivity contribution is 0.0365. The topological polar surface area (TPSA) is 91.5 Å². The first-order valence-electron chi connectivity index (χ1n) is 6.11. The first-order valence-corrected chi connectivity index (χ1v) is 6.11. The van der Waals surface area contributed by atoms with Crippen LogP contribution in [0.2, 0.25) is 0 Å². The second kappa shape index (κ2) is 7.75. The molecule has 0 saturated heterocycles. The van der Waals surface area contributed by atoms with Crippen LogP contribution < -0.4 is 15.8 Å². The Labute approximate surface area is 113 Å². The molecule has 0 radical (unpaired) electrons. The molecule has 1 aromatic rings. The molecule has 0 aliphatic heterocycles. The van der Waals surface area contributed by atoms with Crippen molar-refractivity contribution in [2.45, 2.75) is 26.1 Å². The van der Waals surface area contributed by atoms with Gasteiger partial charge in [-0.25, -0.2) is 4.98 Å². The Hall–Kier alpha value is -1.60. The monoisotopic (exact) mass is 270 g/mol. The Morgan fingerprint density at radius 2 is 2.05 bits per heavy atom. The number of anilines is 2. The molecule has 108 valence electrons. The van der Waals surface area contributed by atoms with Crippen LogP contribution >= 0.6 is 0 Å². The Morgan fingerprint density at radius 3 is 2.63 bits per heavy atom. The predicted molar refractivity (Wildman–Crippen MR) is 73.4 cm³/mol. The van der Waals surface area contributed by atoms with E-state index in [1.165, 1.54) is 6.33 Å². The van der Waals surface area contributed by atoms with Gasteiger partial charge in [0.05, 0.1) is 18.8 Å². The number of ether oxygens (including phenoxy) is 3. The summed E-state index contributed by atoms with van der Waals surface area (Å²) in [4.78, 5) is 8.10. The van der Waals surface area contributed by atoms with Crippen LogP contribution in [0.15, 0.2) is 6.33 Å². The van der Waals surface area contributed by atoms with E-state index in [1.54, 1.807) is 14.2 Å². The van der Waals surface area contributed by atoms with E-state index in [4.69, 9.17) is 19.9 Å². The summed E-state index contributed by atoms with van der Waals surface area (Å²) in [7, 11) is 3.25. The van der Waals surface area contributed by atoms with Crippen molar-refractivity contribution in [1.82, 2.24) is 9.97 Å². The lowest BCUT2D eigenvalue weighted by Gasteiger charge is -2.17. The third-order valence-electron chi connectivity index (χ3n) is 2.38. The highest BCUT2D eigenvalue weighted by molar-refractivity contribution is 5.66. The molecule has 1 unspecified atom stereocenters. The first kappa shape index (κ1) is 15.5. The van der Waals surface area contributed by atoms with E-state index in [0.717, 1.165) is 0 Å². The third kappa shape index (κ3) is 4.88. The average molecular weight is 270 g/mol. The number of rotatable bonds is 8. The van der Waals surface area contributed by atoms with Crippen molar-refractivity contribution in [2.75, 3.05) is 38.4 Å². The molecule has 19 heavy (non-hydrogen) atoms. The van der Waals surface area contributed by atoms with E-state index in [0.29, 0.717) is 30.5 Å². The summed E-state index contributed by atoms with van der Waals surface area (Å²) < 4.78 is 15.8. The van der Waals surface area contributed by atoms with E-state index in [-0.39, 0.29) is 12.2 Å². The second-order valence-electron chi connectivity index (χ2n) is 4.30. The van der Waals surface area contributed by atoms with Crippen molar-refractivity contribution in [3.05, 3.63) is 6.33 Å². The maximum absolute atomic E-state index is 5.95. The highest BCUT2D eigenvalue weighted by atomic mass is 16.5. The summed E-state index contributed by atoms with van der Waals surface area (Å²) in [6.07, 6.45) is 1.34. The lowest BCUT2D eigenvalue weighted by Crippen LogP contribution is -2.27. The molecule has 0 amide bonds. The molecule has 7 nitrogen and oxygen atoms in total. The van der Waals surface area contributed by atoms with Crippen LogP contribution in [0, 0.1) is 0 Å². The normalized spacial score (nSPS) is 12.5. The summed E-state index contributed by atoms with van der Waals surface area (Å²) in [6, 6.07) is 0. The van der Waals surface area contributed by atoms with E-state index >= 15 is 0 Å². The van der Waals surface area contributed by atoms with Gasteiger partial charge in [-0.15, -0.1) is 0 Å². The van der Waals surface area contributed by atoms with Gasteiger partial charge in [-0.1, -0.05) is 0 Å². The number of nitrogens with zero attached hydrogens (tertiary/aromatic N) is 2. The zero-order valence-electron chi connectivity index (χ0n) is 11.8. The molecular weight excluding hydrogens is 248 g/mol. The maximum atomic E-state index is 5.95. The number of hydrogen-bond donors (Lipinski definition) is 2. The van der Waals surface area contributed by atoms with Crippen LogP contribution in [0.5, 0.6) is 5.88 Å². The van der Waals surface area contributed by atoms with Crippen LogP contribution in [0.3, 0.4) is 0 Å². The summed E-state index contributed by atoms with van der Waals surface area (Å²) in [5.41, 5.74) is 6.34. The van der Waals surface area contributed by atoms with E-state index in [2.05, 4.69) is 15.3 Å². The summed E-state index contributed by atoms with van der Waals surface area (Å²) >= 11 is 0. The quantitative estimate of drug-likeness (QED) is 0.725. The Bertz CT molecular complexity index is 387. The van der Waals surface area contributed by atoms with Crippen molar-refractivity contribution >= 4 is 11.5 Å². The van der Waals surface area contributed by atoms with Gasteiger partial charge in [-0.3, -0.25) is 0 Å². The molecule has 0 aliphatic carbocycles. The van der Waals surface area contributed by atoms with E-state index in [9.17, 15) is 0 Å². The molecule has 0 fully saturated rings. The number of nitrogens with two attached hydrogens (primary N) is 1. The molecule has 3 N–H and O–H groups in total. The predicted octanol–water partition coefficient (Wildman–Crippen LogP) is 0.919. The molecule has 0 spiro atoms. The fraction of sp³-hybridized carbons (Fsp3) is 0.667.